The quantitative estimate of drug-likeness (QED) is 0.114. The van der Waals surface area contributed by atoms with E-state index < -0.39 is 108 Å². The molecule has 0 aliphatic heterocycles. The van der Waals surface area contributed by atoms with E-state index in [4.69, 9.17) is 0 Å². The molecule has 9 rings (SSSR count). The van der Waals surface area contributed by atoms with Gasteiger partial charge < -0.3 is 13.6 Å². The van der Waals surface area contributed by atoms with Crippen LogP contribution in [-0.4, -0.2) is 18.3 Å². The Labute approximate surface area is 840 Å². The minimum absolute atomic E-state index is 0.346. The Bertz CT molecular complexity index is 4950. The maximum Gasteiger partial charge on any atom is 0.334 e. The maximum absolute atomic E-state index is 9.77. The van der Waals surface area contributed by atoms with Crippen molar-refractivity contribution in [1.82, 2.24) is 0 Å². The van der Waals surface area contributed by atoms with Crippen LogP contribution in [0.5, 0.6) is 0 Å². The molecular formula is C132H201O3P. The van der Waals surface area contributed by atoms with E-state index in [-0.39, 0.29) is 32.5 Å². The van der Waals surface area contributed by atoms with Crippen LogP contribution in [-0.2, 0) is 94.8 Å². The first-order valence-corrected chi connectivity index (χ1v) is 53.5. The number of hydrogen-bond donors (Lipinski definition) is 0. The Kier molecular flexibility index (Phi) is 29.9. The minimum Gasteiger partial charge on any atom is -0.303 e. The lowest BCUT2D eigenvalue weighted by Gasteiger charge is -2.60. The van der Waals surface area contributed by atoms with Gasteiger partial charge in [0.1, 0.15) is 0 Å². The average molecular weight is 1870 g/mol. The average Bonchev–Trinajstić information content (AvgIpc) is 0.681. The van der Waals surface area contributed by atoms with E-state index in [1.165, 1.54) is 167 Å². The molecule has 3 aliphatic rings. The van der Waals surface area contributed by atoms with Crippen LogP contribution in [0.25, 0.3) is 16.7 Å². The second-order valence-corrected chi connectivity index (χ2v) is 62.7. The second kappa shape index (κ2) is 35.8. The summed E-state index contributed by atoms with van der Waals surface area (Å²) in [6.07, 6.45) is 13.0. The number of benzene rings is 6. The molecule has 0 N–H and O–H groups in total. The molecular weight excluding hydrogens is 1660 g/mol. The molecule has 0 saturated carbocycles. The smallest absolute Gasteiger partial charge is 0.303 e. The molecule has 0 saturated heterocycles. The first-order chi connectivity index (χ1) is 60.3. The highest BCUT2D eigenvalue weighted by Gasteiger charge is 2.66. The van der Waals surface area contributed by atoms with Crippen molar-refractivity contribution >= 4 is 25.3 Å². The third-order valence-corrected chi connectivity index (χ3v) is 31.7. The van der Waals surface area contributed by atoms with Crippen LogP contribution in [0, 0.1) is 74.0 Å². The third kappa shape index (κ3) is 21.2. The highest BCUT2D eigenvalue weighted by molar-refractivity contribution is 7.41. The van der Waals surface area contributed by atoms with Crippen molar-refractivity contribution in [3.8, 4) is 0 Å². The van der Waals surface area contributed by atoms with E-state index >= 15 is 0 Å². The van der Waals surface area contributed by atoms with E-state index in [1.807, 2.05) is 0 Å². The van der Waals surface area contributed by atoms with E-state index in [2.05, 4.69) is 525 Å². The summed E-state index contributed by atoms with van der Waals surface area (Å²) in [6.45, 7) is 149. The Morgan fingerprint density at radius 3 is 0.419 bits per heavy atom. The van der Waals surface area contributed by atoms with E-state index in [0.29, 0.717) is 0 Å². The molecule has 3 nitrogen and oxygen atoms in total. The summed E-state index contributed by atoms with van der Waals surface area (Å²) >= 11 is 0. The number of allylic oxidation sites excluding steroid dienone is 6. The summed E-state index contributed by atoms with van der Waals surface area (Å²) in [6, 6.07) is 31.0. The standard InChI is InChI=1S/C132H201O3P/c1-79-67-88(115(16,17)18)103(89(68-79)116(19,20)21)109-85(112(7,8)9)61-64-100(130(109,127(52,53)54)106-94(121(34,35)36)73-82(4)74-95(106)122(37,38)39)133-136(134-101-65-62-86(113(10,11)12)110(104-90(117(22,23)24)69-80(2)70-91(104)118(25,26)27)131(101,128(55,56)57)107-96(123(40,41)42)75-83(5)76-97(107)124(43,44)45)135-102-66-63-87(114(13,14)15)111(105-92(119(28,29)30)71-81(3)72-93(105)120(31,32)33)132(102,129(58,59)60)108-98(125(46,47)48)77-84(6)78-99(108)126(49,50)51/h61-78,100-102H,1-60H3. The van der Waals surface area contributed by atoms with Crippen molar-refractivity contribution in [1.29, 1.82) is 0 Å². The Hall–Kier alpha value is -5.93. The molecule has 0 spiro atoms. The van der Waals surface area contributed by atoms with Crippen LogP contribution in [0.2, 0.25) is 0 Å². The van der Waals surface area contributed by atoms with Gasteiger partial charge >= 0.3 is 8.60 Å². The zero-order chi connectivity index (χ0) is 105. The molecule has 0 bridgehead atoms. The van der Waals surface area contributed by atoms with Gasteiger partial charge in [0, 0.05) is 0 Å². The number of aryl methyl sites for hydroxylation is 6. The SMILES string of the molecule is Cc1cc(C(C)(C)C)c(C2=C(C(C)(C)C)C=CC(OP(OC3C=CC(C(C)(C)C)=C(c4c(C(C)(C)C)cc(C)cc4C(C)(C)C)C3(c3c(C(C)(C)C)cc(C)cc3C(C)(C)C)C(C)(C)C)OC3C=CC(C(C)(C)C)=C(c4c(C(C)(C)C)cc(C)cc4C(C)(C)C)C3(c3c(C(C)(C)C)cc(C)cc3C(C)(C)C)C(C)(C)C)C2(c2c(C(C)(C)C)cc(C)cc2C(C)(C)C)C(C)(C)C)c(C(C)(C)C)c1. The summed E-state index contributed by atoms with van der Waals surface area (Å²) in [4.78, 5) is 0. The van der Waals surface area contributed by atoms with Crippen LogP contribution in [0.1, 0.15) is 507 Å². The lowest BCUT2D eigenvalue weighted by molar-refractivity contribution is 0.00803. The molecule has 0 heterocycles. The summed E-state index contributed by atoms with van der Waals surface area (Å²) in [5.74, 6) is 0. The zero-order valence-corrected chi connectivity index (χ0v) is 100. The van der Waals surface area contributed by atoms with Gasteiger partial charge in [0.25, 0.3) is 0 Å². The van der Waals surface area contributed by atoms with Crippen LogP contribution in [0.15, 0.2) is 126 Å². The van der Waals surface area contributed by atoms with E-state index in [1.54, 1.807) is 0 Å². The van der Waals surface area contributed by atoms with Gasteiger partial charge in [-0.25, -0.2) is 0 Å². The fourth-order valence-electron chi connectivity index (χ4n) is 24.1. The van der Waals surface area contributed by atoms with Crippen LogP contribution in [0.4, 0.5) is 0 Å². The van der Waals surface area contributed by atoms with Gasteiger partial charge in [0.2, 0.25) is 0 Å². The molecule has 0 fully saturated rings. The van der Waals surface area contributed by atoms with Gasteiger partial charge in [0.05, 0.1) is 34.6 Å². The second-order valence-electron chi connectivity index (χ2n) is 61.6. The molecule has 3 aliphatic carbocycles. The van der Waals surface area contributed by atoms with Gasteiger partial charge in [-0.1, -0.05) is 517 Å². The fourth-order valence-corrected chi connectivity index (χ4v) is 25.5. The Morgan fingerprint density at radius 1 is 0.184 bits per heavy atom. The van der Waals surface area contributed by atoms with Crippen LogP contribution >= 0.6 is 8.60 Å². The van der Waals surface area contributed by atoms with Crippen molar-refractivity contribution in [3.05, 3.63) is 259 Å². The number of rotatable bonds is 12. The monoisotopic (exact) mass is 1870 g/mol. The highest BCUT2D eigenvalue weighted by Crippen LogP contribution is 2.73. The first kappa shape index (κ1) is 114. The zero-order valence-electron chi connectivity index (χ0n) is 99.3. The van der Waals surface area contributed by atoms with Gasteiger partial charge in [-0.2, -0.15) is 0 Å². The lowest BCUT2D eigenvalue weighted by Crippen LogP contribution is -2.57. The van der Waals surface area contributed by atoms with Gasteiger partial charge in [-0.15, -0.1) is 0 Å². The summed E-state index contributed by atoms with van der Waals surface area (Å²) in [5.41, 5.74) is 28.3. The van der Waals surface area contributed by atoms with Crippen molar-refractivity contribution in [2.24, 2.45) is 32.5 Å². The highest BCUT2D eigenvalue weighted by atomic mass is 31.2. The lowest BCUT2D eigenvalue weighted by atomic mass is 9.47. The molecule has 6 aromatic carbocycles. The molecule has 0 aromatic heterocycles. The molecule has 0 radical (unpaired) electrons. The van der Waals surface area contributed by atoms with Crippen LogP contribution < -0.4 is 0 Å². The van der Waals surface area contributed by atoms with Gasteiger partial charge in [0.15, 0.2) is 0 Å². The normalized spacial score (nSPS) is 21.1. The number of hydrogen-bond acceptors (Lipinski definition) is 3. The topological polar surface area (TPSA) is 27.7 Å². The summed E-state index contributed by atoms with van der Waals surface area (Å²) in [7, 11) is -2.77. The van der Waals surface area contributed by atoms with Gasteiger partial charge in [-0.05, 0) is 273 Å². The van der Waals surface area contributed by atoms with Crippen molar-refractivity contribution in [2.45, 2.75) is 515 Å². The fraction of sp³-hybridized carbons (Fsp3) is 0.636. The maximum atomic E-state index is 9.77. The molecule has 6 atom stereocenters. The Balaban J connectivity index is 1.79. The van der Waals surface area contributed by atoms with Crippen molar-refractivity contribution in [3.63, 3.8) is 0 Å². The summed E-state index contributed by atoms with van der Waals surface area (Å²) in [5, 5.41) is 0. The van der Waals surface area contributed by atoms with Crippen molar-refractivity contribution in [2.75, 3.05) is 0 Å². The summed E-state index contributed by atoms with van der Waals surface area (Å²) < 4.78 is 29.3. The molecule has 752 valence electrons. The predicted octanol–water partition coefficient (Wildman–Crippen LogP) is 39.0. The largest absolute Gasteiger partial charge is 0.334 e. The molecule has 6 unspecified atom stereocenters. The third-order valence-electron chi connectivity index (χ3n) is 30.5. The predicted molar refractivity (Wildman–Crippen MR) is 603 cm³/mol. The first-order valence-electron chi connectivity index (χ1n) is 52.4. The van der Waals surface area contributed by atoms with Gasteiger partial charge in [-0.3, -0.25) is 0 Å². The molecule has 4 heteroatoms. The van der Waals surface area contributed by atoms with Crippen LogP contribution in [0.3, 0.4) is 0 Å². The van der Waals surface area contributed by atoms with E-state index in [0.717, 1.165) is 0 Å². The molecule has 6 aromatic rings. The van der Waals surface area contributed by atoms with E-state index in [9.17, 15) is 13.6 Å². The Morgan fingerprint density at radius 2 is 0.309 bits per heavy atom. The van der Waals surface area contributed by atoms with Crippen molar-refractivity contribution < 1.29 is 13.6 Å². The molecule has 136 heavy (non-hydrogen) atoms. The molecule has 0 amide bonds. The minimum atomic E-state index is -2.77.